The maximum Gasteiger partial charge on any atom is 0.240 e. The van der Waals surface area contributed by atoms with Crippen LogP contribution in [0, 0.1) is 0 Å². The van der Waals surface area contributed by atoms with Crippen molar-refractivity contribution in [3.8, 4) is 5.75 Å². The fourth-order valence-electron chi connectivity index (χ4n) is 1.39. The summed E-state index contributed by atoms with van der Waals surface area (Å²) in [6, 6.07) is 4.22. The summed E-state index contributed by atoms with van der Waals surface area (Å²) in [4.78, 5) is 11.1. The Morgan fingerprint density at radius 1 is 1.47 bits per heavy atom. The quantitative estimate of drug-likeness (QED) is 0.767. The summed E-state index contributed by atoms with van der Waals surface area (Å²) >= 11 is 0. The zero-order valence-corrected chi connectivity index (χ0v) is 11.6. The smallest absolute Gasteiger partial charge is 0.240 e. The zero-order valence-electron chi connectivity index (χ0n) is 10.8. The first-order valence-corrected chi connectivity index (χ1v) is 6.95. The first-order valence-electron chi connectivity index (χ1n) is 5.47. The van der Waals surface area contributed by atoms with Gasteiger partial charge in [0.05, 0.1) is 17.7 Å². The van der Waals surface area contributed by atoms with E-state index in [1.165, 1.54) is 38.3 Å². The van der Waals surface area contributed by atoms with Crippen molar-refractivity contribution in [1.82, 2.24) is 4.72 Å². The van der Waals surface area contributed by atoms with Gasteiger partial charge in [-0.1, -0.05) is 6.08 Å². The Balaban J connectivity index is 3.17. The SMILES string of the molecule is C=CCNS(=O)(=O)c1ccc(OC)c(NC(C)=O)c1. The van der Waals surface area contributed by atoms with Gasteiger partial charge in [-0.25, -0.2) is 13.1 Å². The van der Waals surface area contributed by atoms with Crippen LogP contribution in [0.1, 0.15) is 6.92 Å². The highest BCUT2D eigenvalue weighted by molar-refractivity contribution is 7.89. The highest BCUT2D eigenvalue weighted by Gasteiger charge is 2.16. The molecule has 0 saturated heterocycles. The Labute approximate surface area is 112 Å². The van der Waals surface area contributed by atoms with E-state index < -0.39 is 10.0 Å². The number of benzene rings is 1. The third-order valence-electron chi connectivity index (χ3n) is 2.21. The van der Waals surface area contributed by atoms with Crippen molar-refractivity contribution >= 4 is 21.6 Å². The summed E-state index contributed by atoms with van der Waals surface area (Å²) < 4.78 is 31.2. The number of nitrogens with one attached hydrogen (secondary N) is 2. The van der Waals surface area contributed by atoms with Crippen LogP contribution in [0.25, 0.3) is 0 Å². The number of carbonyl (C=O) groups is 1. The number of sulfonamides is 1. The number of amides is 1. The Kier molecular flexibility index (Phi) is 5.08. The average Bonchev–Trinajstić information content (AvgIpc) is 2.35. The molecule has 1 aromatic rings. The normalized spacial score (nSPS) is 10.8. The molecule has 0 heterocycles. The van der Waals surface area contributed by atoms with Gasteiger partial charge in [-0.2, -0.15) is 0 Å². The summed E-state index contributed by atoms with van der Waals surface area (Å²) in [5.74, 6) is 0.0739. The second-order valence-corrected chi connectivity index (χ2v) is 5.45. The van der Waals surface area contributed by atoms with Crippen molar-refractivity contribution in [2.45, 2.75) is 11.8 Å². The minimum Gasteiger partial charge on any atom is -0.495 e. The highest BCUT2D eigenvalue weighted by Crippen LogP contribution is 2.27. The van der Waals surface area contributed by atoms with Gasteiger partial charge in [0.15, 0.2) is 0 Å². The third kappa shape index (κ3) is 4.08. The fraction of sp³-hybridized carbons (Fsp3) is 0.250. The summed E-state index contributed by atoms with van der Waals surface area (Å²) in [6.07, 6.45) is 1.44. The van der Waals surface area contributed by atoms with Gasteiger partial charge in [0, 0.05) is 13.5 Å². The number of methoxy groups -OCH3 is 1. The van der Waals surface area contributed by atoms with E-state index in [0.717, 1.165) is 0 Å². The number of hydrogen-bond acceptors (Lipinski definition) is 4. The van der Waals surface area contributed by atoms with Crippen LogP contribution in [0.3, 0.4) is 0 Å². The van der Waals surface area contributed by atoms with Crippen molar-refractivity contribution in [2.75, 3.05) is 19.0 Å². The molecule has 0 aromatic heterocycles. The lowest BCUT2D eigenvalue weighted by Gasteiger charge is -2.11. The average molecular weight is 284 g/mol. The van der Waals surface area contributed by atoms with Crippen molar-refractivity contribution < 1.29 is 17.9 Å². The topological polar surface area (TPSA) is 84.5 Å². The van der Waals surface area contributed by atoms with Gasteiger partial charge < -0.3 is 10.1 Å². The molecule has 19 heavy (non-hydrogen) atoms. The fourth-order valence-corrected chi connectivity index (χ4v) is 2.42. The van der Waals surface area contributed by atoms with E-state index in [9.17, 15) is 13.2 Å². The molecule has 0 atom stereocenters. The molecule has 0 aliphatic rings. The van der Waals surface area contributed by atoms with Gasteiger partial charge >= 0.3 is 0 Å². The summed E-state index contributed by atoms with van der Waals surface area (Å²) in [6.45, 7) is 4.90. The van der Waals surface area contributed by atoms with Crippen molar-refractivity contribution in [3.63, 3.8) is 0 Å². The van der Waals surface area contributed by atoms with E-state index in [1.54, 1.807) is 0 Å². The molecule has 0 radical (unpaired) electrons. The van der Waals surface area contributed by atoms with Crippen molar-refractivity contribution in [1.29, 1.82) is 0 Å². The van der Waals surface area contributed by atoms with E-state index in [-0.39, 0.29) is 17.3 Å². The minimum absolute atomic E-state index is 0.0406. The molecular formula is C12H16N2O4S. The first kappa shape index (κ1) is 15.2. The molecule has 0 aliphatic heterocycles. The lowest BCUT2D eigenvalue weighted by Crippen LogP contribution is -2.23. The molecule has 1 amide bonds. The predicted octanol–water partition coefficient (Wildman–Crippen LogP) is 1.12. The number of hydrogen-bond donors (Lipinski definition) is 2. The summed E-state index contributed by atoms with van der Waals surface area (Å²) in [7, 11) is -2.20. The first-order chi connectivity index (χ1) is 8.90. The molecule has 0 fully saturated rings. The van der Waals surface area contributed by atoms with E-state index in [4.69, 9.17) is 4.74 Å². The molecular weight excluding hydrogens is 268 g/mol. The molecule has 2 N–H and O–H groups in total. The predicted molar refractivity (Wildman–Crippen MR) is 72.7 cm³/mol. The second-order valence-electron chi connectivity index (χ2n) is 3.68. The molecule has 0 bridgehead atoms. The van der Waals surface area contributed by atoms with Crippen LogP contribution in [-0.2, 0) is 14.8 Å². The van der Waals surface area contributed by atoms with Gasteiger partial charge in [-0.3, -0.25) is 4.79 Å². The van der Waals surface area contributed by atoms with Crippen LogP contribution in [0.4, 0.5) is 5.69 Å². The number of rotatable bonds is 6. The molecule has 1 rings (SSSR count). The van der Waals surface area contributed by atoms with Gasteiger partial charge in [-0.05, 0) is 18.2 Å². The molecule has 1 aromatic carbocycles. The van der Waals surface area contributed by atoms with Crippen LogP contribution in [0.15, 0.2) is 35.7 Å². The van der Waals surface area contributed by atoms with E-state index in [2.05, 4.69) is 16.6 Å². The van der Waals surface area contributed by atoms with Gasteiger partial charge in [0.25, 0.3) is 0 Å². The van der Waals surface area contributed by atoms with Gasteiger partial charge in [0.2, 0.25) is 15.9 Å². The van der Waals surface area contributed by atoms with Crippen LogP contribution in [0.2, 0.25) is 0 Å². The van der Waals surface area contributed by atoms with Crippen LogP contribution in [-0.4, -0.2) is 28.0 Å². The maximum absolute atomic E-state index is 11.9. The minimum atomic E-state index is -3.63. The maximum atomic E-state index is 11.9. The van der Waals surface area contributed by atoms with Crippen LogP contribution in [0.5, 0.6) is 5.75 Å². The Bertz CT molecular complexity index is 581. The number of carbonyl (C=O) groups excluding carboxylic acids is 1. The van der Waals surface area contributed by atoms with Crippen molar-refractivity contribution in [2.24, 2.45) is 0 Å². The monoisotopic (exact) mass is 284 g/mol. The number of ether oxygens (including phenoxy) is 1. The molecule has 7 heteroatoms. The second kappa shape index (κ2) is 6.35. The molecule has 0 spiro atoms. The molecule has 0 unspecified atom stereocenters. The molecule has 104 valence electrons. The Morgan fingerprint density at radius 2 is 2.16 bits per heavy atom. The van der Waals surface area contributed by atoms with Gasteiger partial charge in [0.1, 0.15) is 5.75 Å². The lowest BCUT2D eigenvalue weighted by atomic mass is 10.3. The molecule has 0 saturated carbocycles. The van der Waals surface area contributed by atoms with Crippen LogP contribution >= 0.6 is 0 Å². The summed E-state index contributed by atoms with van der Waals surface area (Å²) in [5.41, 5.74) is 0.302. The van der Waals surface area contributed by atoms with E-state index in [0.29, 0.717) is 11.4 Å². The molecule has 6 nitrogen and oxygen atoms in total. The van der Waals surface area contributed by atoms with Crippen molar-refractivity contribution in [3.05, 3.63) is 30.9 Å². The Morgan fingerprint density at radius 3 is 2.68 bits per heavy atom. The van der Waals surface area contributed by atoms with Crippen LogP contribution < -0.4 is 14.8 Å². The van der Waals surface area contributed by atoms with E-state index in [1.807, 2.05) is 0 Å². The summed E-state index contributed by atoms with van der Waals surface area (Å²) in [5, 5.41) is 2.52. The number of anilines is 1. The van der Waals surface area contributed by atoms with E-state index >= 15 is 0 Å². The largest absolute Gasteiger partial charge is 0.495 e. The highest BCUT2D eigenvalue weighted by atomic mass is 32.2. The molecule has 0 aliphatic carbocycles. The Hall–Kier alpha value is -1.86. The zero-order chi connectivity index (χ0) is 14.5. The lowest BCUT2D eigenvalue weighted by molar-refractivity contribution is -0.114. The van der Waals surface area contributed by atoms with Gasteiger partial charge in [-0.15, -0.1) is 6.58 Å². The standard InChI is InChI=1S/C12H16N2O4S/c1-4-7-13-19(16,17)10-5-6-12(18-3)11(8-10)14-9(2)15/h4-6,8,13H,1,7H2,2-3H3,(H,14,15). The third-order valence-corrected chi connectivity index (χ3v) is 3.63.